The molecule has 0 aliphatic rings. The average molecular weight is 286 g/mol. The van der Waals surface area contributed by atoms with Crippen molar-refractivity contribution in [3.63, 3.8) is 0 Å². The Bertz CT molecular complexity index is 583. The summed E-state index contributed by atoms with van der Waals surface area (Å²) in [4.78, 5) is 13.9. The van der Waals surface area contributed by atoms with Crippen molar-refractivity contribution in [1.29, 1.82) is 0 Å². The molecule has 0 unspecified atom stereocenters. The maximum absolute atomic E-state index is 12.9. The monoisotopic (exact) mass is 286 g/mol. The minimum atomic E-state index is -0.277. The lowest BCUT2D eigenvalue weighted by molar-refractivity contribution is -0.120. The molecule has 1 atom stereocenters. The maximum Gasteiger partial charge on any atom is 0.239 e. The van der Waals surface area contributed by atoms with Gasteiger partial charge in [-0.15, -0.1) is 0 Å². The highest BCUT2D eigenvalue weighted by Gasteiger charge is 2.11. The Labute approximate surface area is 124 Å². The molecule has 1 amide bonds. The molecule has 0 fully saturated rings. The van der Waals surface area contributed by atoms with E-state index < -0.39 is 0 Å². The molecule has 3 nitrogen and oxygen atoms in total. The van der Waals surface area contributed by atoms with Crippen molar-refractivity contribution in [2.45, 2.75) is 13.0 Å². The zero-order valence-corrected chi connectivity index (χ0v) is 12.2. The van der Waals surface area contributed by atoms with E-state index in [1.165, 1.54) is 12.1 Å². The number of carbonyl (C=O) groups excluding carboxylic acids is 1. The summed E-state index contributed by atoms with van der Waals surface area (Å²) < 4.78 is 12.9. The number of para-hydroxylation sites is 1. The molecule has 0 heterocycles. The van der Waals surface area contributed by atoms with Crippen LogP contribution >= 0.6 is 0 Å². The van der Waals surface area contributed by atoms with E-state index in [0.29, 0.717) is 0 Å². The molecule has 0 bridgehead atoms. The third kappa shape index (κ3) is 4.31. The molecule has 1 N–H and O–H groups in total. The largest absolute Gasteiger partial charge is 0.365 e. The van der Waals surface area contributed by atoms with Crippen LogP contribution < -0.4 is 10.2 Å². The van der Waals surface area contributed by atoms with E-state index in [0.717, 1.165) is 11.3 Å². The van der Waals surface area contributed by atoms with Gasteiger partial charge < -0.3 is 10.2 Å². The third-order valence-electron chi connectivity index (χ3n) is 3.33. The maximum atomic E-state index is 12.9. The molecule has 0 aliphatic carbocycles. The van der Waals surface area contributed by atoms with Crippen molar-refractivity contribution < 1.29 is 9.18 Å². The summed E-state index contributed by atoms with van der Waals surface area (Å²) in [7, 11) is 1.87. The van der Waals surface area contributed by atoms with Crippen LogP contribution in [-0.4, -0.2) is 19.5 Å². The van der Waals surface area contributed by atoms with Crippen LogP contribution in [0.1, 0.15) is 18.5 Å². The third-order valence-corrected chi connectivity index (χ3v) is 3.33. The fourth-order valence-corrected chi connectivity index (χ4v) is 2.11. The van der Waals surface area contributed by atoms with E-state index in [1.54, 1.807) is 12.1 Å². The minimum absolute atomic E-state index is 0.0711. The summed E-state index contributed by atoms with van der Waals surface area (Å²) in [6.07, 6.45) is 0. The predicted molar refractivity (Wildman–Crippen MR) is 82.7 cm³/mol. The van der Waals surface area contributed by atoms with Gasteiger partial charge in [-0.3, -0.25) is 4.79 Å². The van der Waals surface area contributed by atoms with E-state index in [9.17, 15) is 9.18 Å². The molecule has 0 saturated heterocycles. The van der Waals surface area contributed by atoms with Crippen molar-refractivity contribution >= 4 is 11.6 Å². The highest BCUT2D eigenvalue weighted by Crippen LogP contribution is 2.14. The predicted octanol–water partition coefficient (Wildman–Crippen LogP) is 3.14. The Morgan fingerprint density at radius 2 is 1.76 bits per heavy atom. The molecule has 0 radical (unpaired) electrons. The smallest absolute Gasteiger partial charge is 0.239 e. The van der Waals surface area contributed by atoms with E-state index in [-0.39, 0.29) is 24.3 Å². The number of rotatable bonds is 5. The van der Waals surface area contributed by atoms with Crippen LogP contribution in [0.15, 0.2) is 54.6 Å². The number of hydrogen-bond acceptors (Lipinski definition) is 2. The van der Waals surface area contributed by atoms with Gasteiger partial charge in [0.25, 0.3) is 0 Å². The number of hydrogen-bond donors (Lipinski definition) is 1. The lowest BCUT2D eigenvalue weighted by Crippen LogP contribution is -2.36. The van der Waals surface area contributed by atoms with Gasteiger partial charge in [0.1, 0.15) is 5.82 Å². The second-order valence-corrected chi connectivity index (χ2v) is 5.03. The fourth-order valence-electron chi connectivity index (χ4n) is 2.11. The first-order chi connectivity index (χ1) is 10.1. The quantitative estimate of drug-likeness (QED) is 0.916. The van der Waals surface area contributed by atoms with Gasteiger partial charge in [0, 0.05) is 12.7 Å². The summed E-state index contributed by atoms with van der Waals surface area (Å²) in [5, 5.41) is 2.91. The van der Waals surface area contributed by atoms with Crippen LogP contribution in [0.25, 0.3) is 0 Å². The molecule has 2 rings (SSSR count). The zero-order valence-electron chi connectivity index (χ0n) is 12.2. The topological polar surface area (TPSA) is 32.3 Å². The molecule has 110 valence electrons. The Hall–Kier alpha value is -2.36. The molecular weight excluding hydrogens is 267 g/mol. The Kier molecular flexibility index (Phi) is 4.93. The Morgan fingerprint density at radius 1 is 1.14 bits per heavy atom. The first-order valence-corrected chi connectivity index (χ1v) is 6.87. The Morgan fingerprint density at radius 3 is 2.38 bits per heavy atom. The van der Waals surface area contributed by atoms with Gasteiger partial charge in [0.15, 0.2) is 0 Å². The van der Waals surface area contributed by atoms with Crippen molar-refractivity contribution in [3.8, 4) is 0 Å². The van der Waals surface area contributed by atoms with Gasteiger partial charge >= 0.3 is 0 Å². The first-order valence-electron chi connectivity index (χ1n) is 6.87. The Balaban J connectivity index is 1.91. The number of anilines is 1. The highest BCUT2D eigenvalue weighted by molar-refractivity contribution is 5.81. The van der Waals surface area contributed by atoms with Crippen molar-refractivity contribution in [2.75, 3.05) is 18.5 Å². The summed E-state index contributed by atoms with van der Waals surface area (Å²) in [5.74, 6) is -0.348. The van der Waals surface area contributed by atoms with Gasteiger partial charge in [0.05, 0.1) is 12.6 Å². The molecule has 0 saturated carbocycles. The van der Waals surface area contributed by atoms with E-state index in [1.807, 2.05) is 49.2 Å². The van der Waals surface area contributed by atoms with E-state index in [4.69, 9.17) is 0 Å². The number of amides is 1. The number of nitrogens with zero attached hydrogens (tertiary/aromatic N) is 1. The first kappa shape index (κ1) is 15.0. The summed E-state index contributed by atoms with van der Waals surface area (Å²) in [6, 6.07) is 15.7. The second kappa shape index (κ2) is 6.88. The van der Waals surface area contributed by atoms with Crippen LogP contribution in [0.3, 0.4) is 0 Å². The van der Waals surface area contributed by atoms with Crippen LogP contribution in [0, 0.1) is 5.82 Å². The van der Waals surface area contributed by atoms with E-state index >= 15 is 0 Å². The minimum Gasteiger partial charge on any atom is -0.365 e. The van der Waals surface area contributed by atoms with Gasteiger partial charge in [0.2, 0.25) is 5.91 Å². The molecule has 0 spiro atoms. The lowest BCUT2D eigenvalue weighted by atomic mass is 10.1. The number of halogens is 1. The van der Waals surface area contributed by atoms with Crippen LogP contribution in [0.2, 0.25) is 0 Å². The summed E-state index contributed by atoms with van der Waals surface area (Å²) in [6.45, 7) is 2.16. The average Bonchev–Trinajstić information content (AvgIpc) is 2.48. The molecule has 2 aromatic rings. The molecule has 4 heteroatoms. The number of likely N-dealkylation sites (N-methyl/N-ethyl adjacent to an activating group) is 1. The fraction of sp³-hybridized carbons (Fsp3) is 0.235. The van der Waals surface area contributed by atoms with Gasteiger partial charge in [-0.05, 0) is 36.8 Å². The van der Waals surface area contributed by atoms with Crippen molar-refractivity contribution in [1.82, 2.24) is 5.32 Å². The van der Waals surface area contributed by atoms with Crippen molar-refractivity contribution in [3.05, 3.63) is 66.0 Å². The number of carbonyl (C=O) groups is 1. The normalized spacial score (nSPS) is 11.8. The molecular formula is C17H19FN2O. The molecule has 0 aliphatic heterocycles. The van der Waals surface area contributed by atoms with Crippen molar-refractivity contribution in [2.24, 2.45) is 0 Å². The highest BCUT2D eigenvalue weighted by atomic mass is 19.1. The van der Waals surface area contributed by atoms with Gasteiger partial charge in [-0.2, -0.15) is 0 Å². The molecule has 2 aromatic carbocycles. The van der Waals surface area contributed by atoms with Gasteiger partial charge in [-0.25, -0.2) is 4.39 Å². The standard InChI is InChI=1S/C17H19FN2O/c1-13(14-8-10-15(18)11-9-14)19-17(21)12-20(2)16-6-4-3-5-7-16/h3-11,13H,12H2,1-2H3,(H,19,21)/t13-/m1/s1. The zero-order chi connectivity index (χ0) is 15.2. The van der Waals surface area contributed by atoms with Crippen LogP contribution in [0.5, 0.6) is 0 Å². The summed E-state index contributed by atoms with van der Waals surface area (Å²) >= 11 is 0. The second-order valence-electron chi connectivity index (χ2n) is 5.03. The lowest BCUT2D eigenvalue weighted by Gasteiger charge is -2.21. The van der Waals surface area contributed by atoms with Crippen LogP contribution in [-0.2, 0) is 4.79 Å². The molecule has 0 aromatic heterocycles. The SMILES string of the molecule is C[C@@H](NC(=O)CN(C)c1ccccc1)c1ccc(F)cc1. The molecule has 21 heavy (non-hydrogen) atoms. The van der Waals surface area contributed by atoms with Crippen LogP contribution in [0.4, 0.5) is 10.1 Å². The number of nitrogens with one attached hydrogen (secondary N) is 1. The van der Waals surface area contributed by atoms with E-state index in [2.05, 4.69) is 5.32 Å². The van der Waals surface area contributed by atoms with Gasteiger partial charge in [-0.1, -0.05) is 30.3 Å². The summed E-state index contributed by atoms with van der Waals surface area (Å²) in [5.41, 5.74) is 1.87. The number of benzene rings is 2.